The van der Waals surface area contributed by atoms with E-state index in [0.717, 1.165) is 5.82 Å². The number of amides is 2. The van der Waals surface area contributed by atoms with Crippen molar-refractivity contribution in [2.45, 2.75) is 6.92 Å². The first-order valence-corrected chi connectivity index (χ1v) is 8.76. The van der Waals surface area contributed by atoms with Crippen LogP contribution in [0.4, 0.5) is 20.7 Å². The summed E-state index contributed by atoms with van der Waals surface area (Å²) in [6.45, 7) is 4.59. The summed E-state index contributed by atoms with van der Waals surface area (Å²) in [5.41, 5.74) is 0.771. The van der Waals surface area contributed by atoms with Crippen LogP contribution < -0.4 is 10.2 Å². The van der Waals surface area contributed by atoms with Crippen LogP contribution >= 0.6 is 0 Å². The third-order valence-electron chi connectivity index (χ3n) is 4.22. The number of carbonyl (C=O) groups is 2. The second-order valence-electron chi connectivity index (χ2n) is 6.04. The predicted octanol–water partition coefficient (Wildman–Crippen LogP) is 2.75. The van der Waals surface area contributed by atoms with Crippen LogP contribution in [-0.2, 0) is 4.74 Å². The van der Waals surface area contributed by atoms with Crippen LogP contribution in [0.15, 0.2) is 42.6 Å². The van der Waals surface area contributed by atoms with Gasteiger partial charge >= 0.3 is 6.09 Å². The van der Waals surface area contributed by atoms with Crippen molar-refractivity contribution >= 4 is 23.5 Å². The van der Waals surface area contributed by atoms with Crippen LogP contribution in [0.2, 0.25) is 0 Å². The minimum Gasteiger partial charge on any atom is -0.450 e. The summed E-state index contributed by atoms with van der Waals surface area (Å²) in [4.78, 5) is 32.0. The number of nitrogens with zero attached hydrogens (tertiary/aromatic N) is 3. The summed E-state index contributed by atoms with van der Waals surface area (Å²) < 4.78 is 18.2. The van der Waals surface area contributed by atoms with Gasteiger partial charge in [-0.2, -0.15) is 0 Å². The monoisotopic (exact) mass is 372 g/mol. The number of piperazine rings is 1. The van der Waals surface area contributed by atoms with Crippen molar-refractivity contribution in [2.24, 2.45) is 0 Å². The highest BCUT2D eigenvalue weighted by molar-refractivity contribution is 6.04. The Labute approximate surface area is 156 Å². The number of benzene rings is 1. The molecule has 1 aromatic heterocycles. The number of halogens is 1. The fraction of sp³-hybridized carbons (Fsp3) is 0.316. The topological polar surface area (TPSA) is 74.8 Å². The maximum absolute atomic E-state index is 13.2. The summed E-state index contributed by atoms with van der Waals surface area (Å²) in [5.74, 6) is -0.0903. The molecular weight excluding hydrogens is 351 g/mol. The molecule has 2 aromatic rings. The maximum atomic E-state index is 13.2. The van der Waals surface area contributed by atoms with Gasteiger partial charge < -0.3 is 19.9 Å². The van der Waals surface area contributed by atoms with Gasteiger partial charge in [-0.1, -0.05) is 6.07 Å². The molecule has 0 spiro atoms. The Balaban J connectivity index is 1.56. The van der Waals surface area contributed by atoms with Gasteiger partial charge in [0, 0.05) is 31.7 Å². The zero-order valence-corrected chi connectivity index (χ0v) is 15.0. The number of hydrogen-bond acceptors (Lipinski definition) is 5. The molecule has 1 saturated heterocycles. The molecule has 1 fully saturated rings. The van der Waals surface area contributed by atoms with Gasteiger partial charge in [0.1, 0.15) is 11.6 Å². The Kier molecular flexibility index (Phi) is 5.85. The molecule has 2 heterocycles. The lowest BCUT2D eigenvalue weighted by Gasteiger charge is -2.34. The van der Waals surface area contributed by atoms with Gasteiger partial charge in [0.05, 0.1) is 18.5 Å². The first-order chi connectivity index (χ1) is 13.1. The summed E-state index contributed by atoms with van der Waals surface area (Å²) >= 11 is 0. The zero-order valence-electron chi connectivity index (χ0n) is 15.0. The SMILES string of the molecule is CCOC(=O)N1CCN(c2ccc(NC(=O)c3cccc(F)c3)cn2)CC1. The summed E-state index contributed by atoms with van der Waals surface area (Å²) in [6, 6.07) is 9.05. The highest BCUT2D eigenvalue weighted by Crippen LogP contribution is 2.17. The first-order valence-electron chi connectivity index (χ1n) is 8.76. The van der Waals surface area contributed by atoms with Crippen molar-refractivity contribution < 1.29 is 18.7 Å². The van der Waals surface area contributed by atoms with E-state index in [4.69, 9.17) is 4.74 Å². The van der Waals surface area contributed by atoms with Crippen molar-refractivity contribution in [1.82, 2.24) is 9.88 Å². The fourth-order valence-corrected chi connectivity index (χ4v) is 2.81. The normalized spacial score (nSPS) is 14.0. The van der Waals surface area contributed by atoms with Crippen LogP contribution in [-0.4, -0.2) is 54.7 Å². The van der Waals surface area contributed by atoms with E-state index >= 15 is 0 Å². The molecule has 27 heavy (non-hydrogen) atoms. The molecule has 0 bridgehead atoms. The lowest BCUT2D eigenvalue weighted by atomic mass is 10.2. The van der Waals surface area contributed by atoms with E-state index < -0.39 is 11.7 Å². The Bertz CT molecular complexity index is 805. The Morgan fingerprint density at radius 2 is 1.96 bits per heavy atom. The second kappa shape index (κ2) is 8.48. The van der Waals surface area contributed by atoms with Gasteiger partial charge in [0.2, 0.25) is 0 Å². The average molecular weight is 372 g/mol. The Morgan fingerprint density at radius 3 is 2.59 bits per heavy atom. The van der Waals surface area contributed by atoms with Crippen LogP contribution in [0.3, 0.4) is 0 Å². The molecule has 1 aromatic carbocycles. The van der Waals surface area contributed by atoms with E-state index in [0.29, 0.717) is 38.5 Å². The molecule has 7 nitrogen and oxygen atoms in total. The van der Waals surface area contributed by atoms with Crippen LogP contribution in [0, 0.1) is 5.82 Å². The molecule has 0 atom stereocenters. The summed E-state index contributed by atoms with van der Waals surface area (Å²) in [6.07, 6.45) is 1.27. The summed E-state index contributed by atoms with van der Waals surface area (Å²) in [5, 5.41) is 2.70. The first kappa shape index (κ1) is 18.6. The van der Waals surface area contributed by atoms with Gasteiger partial charge in [0.15, 0.2) is 0 Å². The number of anilines is 2. The number of rotatable bonds is 4. The van der Waals surface area contributed by atoms with Crippen molar-refractivity contribution in [3.05, 3.63) is 54.0 Å². The minimum absolute atomic E-state index is 0.245. The lowest BCUT2D eigenvalue weighted by Crippen LogP contribution is -2.49. The molecule has 0 unspecified atom stereocenters. The van der Waals surface area contributed by atoms with Gasteiger partial charge in [-0.25, -0.2) is 14.2 Å². The van der Waals surface area contributed by atoms with Crippen molar-refractivity contribution in [3.8, 4) is 0 Å². The number of nitrogens with one attached hydrogen (secondary N) is 1. The van der Waals surface area contributed by atoms with Crippen molar-refractivity contribution in [3.63, 3.8) is 0 Å². The lowest BCUT2D eigenvalue weighted by molar-refractivity contribution is 0.102. The summed E-state index contributed by atoms with van der Waals surface area (Å²) in [7, 11) is 0. The number of carbonyl (C=O) groups excluding carboxylic acids is 2. The molecule has 2 amide bonds. The molecule has 0 saturated carbocycles. The minimum atomic E-state index is -0.460. The third kappa shape index (κ3) is 4.72. The standard InChI is InChI=1S/C19H21FN4O3/c1-2-27-19(26)24-10-8-23(9-11-24)17-7-6-16(13-21-17)22-18(25)14-4-3-5-15(20)12-14/h3-7,12-13H,2,8-11H2,1H3,(H,22,25). The highest BCUT2D eigenvalue weighted by atomic mass is 19.1. The van der Waals surface area contributed by atoms with Gasteiger partial charge in [-0.3, -0.25) is 4.79 Å². The number of aromatic nitrogens is 1. The third-order valence-corrected chi connectivity index (χ3v) is 4.22. The molecular formula is C19H21FN4O3. The van der Waals surface area contributed by atoms with Gasteiger partial charge in [0.25, 0.3) is 5.91 Å². The largest absolute Gasteiger partial charge is 0.450 e. The van der Waals surface area contributed by atoms with E-state index in [2.05, 4.69) is 15.2 Å². The predicted molar refractivity (Wildman–Crippen MR) is 99.4 cm³/mol. The van der Waals surface area contributed by atoms with Gasteiger partial charge in [-0.05, 0) is 37.3 Å². The van der Waals surface area contributed by atoms with E-state index in [1.807, 2.05) is 0 Å². The smallest absolute Gasteiger partial charge is 0.409 e. The zero-order chi connectivity index (χ0) is 19.2. The van der Waals surface area contributed by atoms with Crippen LogP contribution in [0.5, 0.6) is 0 Å². The molecule has 1 aliphatic heterocycles. The quantitative estimate of drug-likeness (QED) is 0.893. The van der Waals surface area contributed by atoms with Gasteiger partial charge in [-0.15, -0.1) is 0 Å². The van der Waals surface area contributed by atoms with E-state index in [1.165, 1.54) is 18.2 Å². The van der Waals surface area contributed by atoms with Crippen molar-refractivity contribution in [2.75, 3.05) is 43.0 Å². The number of hydrogen-bond donors (Lipinski definition) is 1. The van der Waals surface area contributed by atoms with E-state index in [-0.39, 0.29) is 11.7 Å². The molecule has 142 valence electrons. The van der Waals surface area contributed by atoms with E-state index in [1.54, 1.807) is 36.2 Å². The molecule has 1 N–H and O–H groups in total. The molecule has 0 radical (unpaired) electrons. The number of ether oxygens (including phenoxy) is 1. The van der Waals surface area contributed by atoms with Crippen LogP contribution in [0.1, 0.15) is 17.3 Å². The van der Waals surface area contributed by atoms with E-state index in [9.17, 15) is 14.0 Å². The maximum Gasteiger partial charge on any atom is 0.409 e. The van der Waals surface area contributed by atoms with Crippen molar-refractivity contribution in [1.29, 1.82) is 0 Å². The molecule has 0 aliphatic carbocycles. The fourth-order valence-electron chi connectivity index (χ4n) is 2.81. The van der Waals surface area contributed by atoms with Crippen LogP contribution in [0.25, 0.3) is 0 Å². The number of pyridine rings is 1. The Morgan fingerprint density at radius 1 is 1.19 bits per heavy atom. The Hall–Kier alpha value is -3.16. The average Bonchev–Trinajstić information content (AvgIpc) is 2.69. The molecule has 1 aliphatic rings. The second-order valence-corrected chi connectivity index (χ2v) is 6.04. The highest BCUT2D eigenvalue weighted by Gasteiger charge is 2.22. The molecule has 3 rings (SSSR count). The molecule has 8 heteroatoms.